The van der Waals surface area contributed by atoms with E-state index in [1.54, 1.807) is 19.2 Å². The number of benzene rings is 2. The zero-order valence-electron chi connectivity index (χ0n) is 11.2. The van der Waals surface area contributed by atoms with Gasteiger partial charge >= 0.3 is 11.8 Å². The Labute approximate surface area is 146 Å². The molecule has 112 valence electrons. The number of ether oxygens (including phenoxy) is 1. The van der Waals surface area contributed by atoms with E-state index in [-0.39, 0.29) is 37.5 Å². The summed E-state index contributed by atoms with van der Waals surface area (Å²) < 4.78 is 7.11. The molecule has 0 spiro atoms. The van der Waals surface area contributed by atoms with Gasteiger partial charge in [-0.25, -0.2) is 4.79 Å². The van der Waals surface area contributed by atoms with E-state index >= 15 is 0 Å². The lowest BCUT2D eigenvalue weighted by Crippen LogP contribution is -2.21. The topological polar surface area (TPSA) is 29.3 Å². The molecule has 22 heavy (non-hydrogen) atoms. The Morgan fingerprint density at radius 3 is 2.00 bits per heavy atom. The molecule has 0 aromatic heterocycles. The average molecular weight is 376 g/mol. The van der Waals surface area contributed by atoms with Gasteiger partial charge in [-0.3, -0.25) is 0 Å². The molecule has 0 bridgehead atoms. The van der Waals surface area contributed by atoms with Crippen LogP contribution in [0.1, 0.15) is 15.9 Å². The van der Waals surface area contributed by atoms with Crippen LogP contribution in [-0.2, 0) is 0 Å². The zero-order valence-corrected chi connectivity index (χ0v) is 14.2. The van der Waals surface area contributed by atoms with Gasteiger partial charge in [0.15, 0.2) is 0 Å². The molecule has 0 fully saturated rings. The molecule has 3 rings (SSSR count). The van der Waals surface area contributed by atoms with E-state index in [1.807, 2.05) is 18.2 Å². The van der Waals surface area contributed by atoms with Crippen molar-refractivity contribution in [2.75, 3.05) is 7.05 Å². The standard InChI is InChI=1S/C15H8Cl4NO2/c1-20-14(21)8-9(11(17)13(19)12(18)10(8)16)15(20)22-7-5-3-2-4-6-7/h2-6H,1H3/q+1. The van der Waals surface area contributed by atoms with Crippen molar-refractivity contribution in [1.29, 1.82) is 0 Å². The third-order valence-corrected chi connectivity index (χ3v) is 5.06. The highest BCUT2D eigenvalue weighted by atomic mass is 35.5. The average Bonchev–Trinajstić information content (AvgIpc) is 2.77. The first-order valence-electron chi connectivity index (χ1n) is 6.17. The second kappa shape index (κ2) is 5.74. The molecule has 2 aromatic rings. The van der Waals surface area contributed by atoms with Gasteiger partial charge < -0.3 is 4.74 Å². The minimum Gasteiger partial charge on any atom is -0.405 e. The zero-order chi connectivity index (χ0) is 16.0. The van der Waals surface area contributed by atoms with Crippen LogP contribution in [0.15, 0.2) is 30.3 Å². The van der Waals surface area contributed by atoms with Crippen molar-refractivity contribution in [2.45, 2.75) is 0 Å². The highest BCUT2D eigenvalue weighted by molar-refractivity contribution is 6.54. The van der Waals surface area contributed by atoms with E-state index in [0.717, 1.165) is 0 Å². The van der Waals surface area contributed by atoms with E-state index < -0.39 is 0 Å². The predicted octanol–water partition coefficient (Wildman–Crippen LogP) is 4.92. The number of fused-ring (bicyclic) bond motifs is 1. The van der Waals surface area contributed by atoms with Crippen LogP contribution in [0.5, 0.6) is 5.75 Å². The number of rotatable bonds is 1. The summed E-state index contributed by atoms with van der Waals surface area (Å²) in [6, 6.07) is 9.01. The van der Waals surface area contributed by atoms with Crippen molar-refractivity contribution >= 4 is 58.2 Å². The second-order valence-electron chi connectivity index (χ2n) is 4.59. The first-order valence-corrected chi connectivity index (χ1v) is 7.69. The lowest BCUT2D eigenvalue weighted by atomic mass is 10.1. The van der Waals surface area contributed by atoms with Crippen LogP contribution in [0.2, 0.25) is 20.1 Å². The number of hydrogen-bond donors (Lipinski definition) is 0. The Hall–Kier alpha value is -1.26. The van der Waals surface area contributed by atoms with E-state index in [1.165, 1.54) is 4.58 Å². The molecule has 0 unspecified atom stereocenters. The first-order chi connectivity index (χ1) is 10.4. The lowest BCUT2D eigenvalue weighted by Gasteiger charge is -2.07. The molecule has 0 N–H and O–H groups in total. The fraction of sp³-hybridized carbons (Fsp3) is 0.0667. The molecule has 3 nitrogen and oxygen atoms in total. The van der Waals surface area contributed by atoms with Crippen molar-refractivity contribution < 1.29 is 14.1 Å². The van der Waals surface area contributed by atoms with Gasteiger partial charge in [-0.1, -0.05) is 64.6 Å². The summed E-state index contributed by atoms with van der Waals surface area (Å²) in [6.45, 7) is 0. The van der Waals surface area contributed by atoms with E-state index in [0.29, 0.717) is 11.3 Å². The number of amides is 1. The predicted molar refractivity (Wildman–Crippen MR) is 88.2 cm³/mol. The van der Waals surface area contributed by atoms with Gasteiger partial charge in [-0.15, -0.1) is 4.58 Å². The lowest BCUT2D eigenvalue weighted by molar-refractivity contribution is -0.398. The largest absolute Gasteiger partial charge is 0.424 e. The number of carbonyl (C=O) groups is 1. The number of para-hydroxylation sites is 1. The molecule has 0 aliphatic carbocycles. The van der Waals surface area contributed by atoms with Gasteiger partial charge in [0.05, 0.1) is 20.1 Å². The highest BCUT2D eigenvalue weighted by Gasteiger charge is 2.44. The maximum Gasteiger partial charge on any atom is 0.424 e. The normalized spacial score (nSPS) is 13.6. The van der Waals surface area contributed by atoms with Crippen molar-refractivity contribution in [2.24, 2.45) is 0 Å². The van der Waals surface area contributed by atoms with Crippen LogP contribution in [0.4, 0.5) is 0 Å². The molecule has 1 aliphatic heterocycles. The van der Waals surface area contributed by atoms with Crippen LogP contribution in [0, 0.1) is 0 Å². The van der Waals surface area contributed by atoms with Crippen molar-refractivity contribution in [1.82, 2.24) is 0 Å². The summed E-state index contributed by atoms with van der Waals surface area (Å²) in [5.74, 6) is 0.464. The SMILES string of the molecule is C[N+]1=C(Oc2ccccc2)c2c(Cl)c(Cl)c(Cl)c(Cl)c2C1=O. The van der Waals surface area contributed by atoms with Gasteiger partial charge in [-0.05, 0) is 12.1 Å². The minimum atomic E-state index is -0.355. The molecule has 7 heteroatoms. The quantitative estimate of drug-likeness (QED) is 0.402. The molecule has 2 aromatic carbocycles. The highest BCUT2D eigenvalue weighted by Crippen LogP contribution is 2.43. The molecule has 0 saturated heterocycles. The number of carbonyl (C=O) groups excluding carboxylic acids is 1. The van der Waals surface area contributed by atoms with Gasteiger partial charge in [0.25, 0.3) is 0 Å². The smallest absolute Gasteiger partial charge is 0.405 e. The van der Waals surface area contributed by atoms with Gasteiger partial charge in [0, 0.05) is 0 Å². The van der Waals surface area contributed by atoms with Crippen molar-refractivity contribution in [3.05, 3.63) is 61.5 Å². The molecule has 0 radical (unpaired) electrons. The Bertz CT molecular complexity index is 831. The number of halogens is 4. The van der Waals surface area contributed by atoms with Gasteiger partial charge in [0.1, 0.15) is 23.9 Å². The summed E-state index contributed by atoms with van der Waals surface area (Å²) in [7, 11) is 1.56. The number of hydrogen-bond acceptors (Lipinski definition) is 2. The molecule has 0 atom stereocenters. The fourth-order valence-corrected chi connectivity index (χ4v) is 3.19. The van der Waals surface area contributed by atoms with E-state index in [4.69, 9.17) is 51.1 Å². The summed E-state index contributed by atoms with van der Waals surface area (Å²) in [5, 5.41) is 0.336. The fourth-order valence-electron chi connectivity index (χ4n) is 2.18. The summed E-state index contributed by atoms with van der Waals surface area (Å²) >= 11 is 24.5. The Kier molecular flexibility index (Phi) is 4.08. The minimum absolute atomic E-state index is 0.0507. The number of nitrogens with zero attached hydrogens (tertiary/aromatic N) is 1. The summed E-state index contributed by atoms with van der Waals surface area (Å²) in [4.78, 5) is 12.4. The van der Waals surface area contributed by atoms with Crippen molar-refractivity contribution in [3.8, 4) is 5.75 Å². The third-order valence-electron chi connectivity index (χ3n) is 3.26. The molecule has 1 aliphatic rings. The monoisotopic (exact) mass is 374 g/mol. The van der Waals surface area contributed by atoms with Gasteiger partial charge in [0.2, 0.25) is 0 Å². The molecular weight excluding hydrogens is 368 g/mol. The molecule has 0 saturated carbocycles. The Morgan fingerprint density at radius 1 is 0.864 bits per heavy atom. The Morgan fingerprint density at radius 2 is 1.41 bits per heavy atom. The maximum atomic E-state index is 12.4. The van der Waals surface area contributed by atoms with Crippen LogP contribution in [0.3, 0.4) is 0 Å². The third kappa shape index (κ3) is 2.29. The van der Waals surface area contributed by atoms with Crippen LogP contribution < -0.4 is 4.74 Å². The van der Waals surface area contributed by atoms with Crippen molar-refractivity contribution in [3.63, 3.8) is 0 Å². The summed E-state index contributed by atoms with van der Waals surface area (Å²) in [6.07, 6.45) is 0. The van der Waals surface area contributed by atoms with Crippen LogP contribution in [0.25, 0.3) is 0 Å². The molecule has 1 heterocycles. The maximum absolute atomic E-state index is 12.4. The van der Waals surface area contributed by atoms with E-state index in [2.05, 4.69) is 0 Å². The van der Waals surface area contributed by atoms with Crippen LogP contribution >= 0.6 is 46.4 Å². The molecular formula is C15H8Cl4NO2+. The molecule has 1 amide bonds. The first kappa shape index (κ1) is 15.6. The Balaban J connectivity index is 2.22. The van der Waals surface area contributed by atoms with E-state index in [9.17, 15) is 4.79 Å². The van der Waals surface area contributed by atoms with Gasteiger partial charge in [-0.2, -0.15) is 0 Å². The second-order valence-corrected chi connectivity index (χ2v) is 6.10. The summed E-state index contributed by atoms with van der Waals surface area (Å²) in [5.41, 5.74) is 0.534. The van der Waals surface area contributed by atoms with Crippen LogP contribution in [-0.4, -0.2) is 23.4 Å².